The van der Waals surface area contributed by atoms with Crippen LogP contribution in [0.1, 0.15) is 43.1 Å². The van der Waals surface area contributed by atoms with Gasteiger partial charge in [-0.25, -0.2) is 4.98 Å². The molecule has 0 aromatic carbocycles. The van der Waals surface area contributed by atoms with Crippen molar-refractivity contribution in [3.8, 4) is 0 Å². The van der Waals surface area contributed by atoms with E-state index in [1.165, 1.54) is 25.7 Å². The van der Waals surface area contributed by atoms with Gasteiger partial charge in [-0.15, -0.1) is 0 Å². The fraction of sp³-hybridized carbons (Fsp3) is 0.600. The van der Waals surface area contributed by atoms with Crippen molar-refractivity contribution in [2.75, 3.05) is 0 Å². The number of nitrogens with one attached hydrogen (secondary N) is 1. The molecule has 1 aromatic heterocycles. The minimum atomic E-state index is 0.0139. The lowest BCUT2D eigenvalue weighted by atomic mass is 10.0. The zero-order valence-electron chi connectivity index (χ0n) is 8.14. The third-order valence-corrected chi connectivity index (χ3v) is 3.79. The molecule has 1 aliphatic carbocycles. The highest BCUT2D eigenvalue weighted by Gasteiger charge is 2.22. The zero-order chi connectivity index (χ0) is 10.1. The van der Waals surface area contributed by atoms with E-state index in [1.54, 1.807) is 0 Å². The number of halogens is 1. The first-order chi connectivity index (χ1) is 6.68. The van der Waals surface area contributed by atoms with Crippen LogP contribution in [0, 0.1) is 10.5 Å². The number of nitrogens with zero attached hydrogens (tertiary/aromatic N) is 1. The first kappa shape index (κ1) is 10.1. The van der Waals surface area contributed by atoms with E-state index in [9.17, 15) is 4.79 Å². The van der Waals surface area contributed by atoms with E-state index in [1.807, 2.05) is 6.92 Å². The third-order valence-electron chi connectivity index (χ3n) is 2.75. The molecular weight excluding hydrogens is 291 g/mol. The van der Waals surface area contributed by atoms with Gasteiger partial charge in [-0.05, 0) is 42.4 Å². The summed E-state index contributed by atoms with van der Waals surface area (Å²) in [5.41, 5.74) is 1.03. The molecule has 0 unspecified atom stereocenters. The fourth-order valence-corrected chi connectivity index (χ4v) is 2.76. The molecule has 0 radical (unpaired) electrons. The molecule has 0 spiro atoms. The Kier molecular flexibility index (Phi) is 2.90. The Morgan fingerprint density at radius 3 is 2.71 bits per heavy atom. The summed E-state index contributed by atoms with van der Waals surface area (Å²) in [4.78, 5) is 18.7. The second-order valence-electron chi connectivity index (χ2n) is 3.83. The van der Waals surface area contributed by atoms with Gasteiger partial charge >= 0.3 is 0 Å². The van der Waals surface area contributed by atoms with E-state index in [2.05, 4.69) is 32.6 Å². The van der Waals surface area contributed by atoms with Crippen LogP contribution in [0.15, 0.2) is 4.79 Å². The Bertz CT molecular complexity index is 394. The highest BCUT2D eigenvalue weighted by atomic mass is 127. The highest BCUT2D eigenvalue weighted by molar-refractivity contribution is 14.1. The molecule has 1 fully saturated rings. The molecule has 0 aliphatic heterocycles. The molecule has 1 aromatic rings. The van der Waals surface area contributed by atoms with E-state index in [0.717, 1.165) is 15.1 Å². The van der Waals surface area contributed by atoms with Crippen molar-refractivity contribution in [2.24, 2.45) is 0 Å². The molecular formula is C10H13IN2O. The van der Waals surface area contributed by atoms with Crippen LogP contribution < -0.4 is 5.56 Å². The maximum atomic E-state index is 11.5. The first-order valence-electron chi connectivity index (χ1n) is 4.95. The predicted octanol–water partition coefficient (Wildman–Crippen LogP) is 2.34. The summed E-state index contributed by atoms with van der Waals surface area (Å²) in [6.07, 6.45) is 4.92. The monoisotopic (exact) mass is 304 g/mol. The van der Waals surface area contributed by atoms with Crippen molar-refractivity contribution < 1.29 is 0 Å². The Morgan fingerprint density at radius 2 is 2.07 bits per heavy atom. The Morgan fingerprint density at radius 1 is 1.43 bits per heavy atom. The van der Waals surface area contributed by atoms with E-state index in [-0.39, 0.29) is 5.56 Å². The van der Waals surface area contributed by atoms with E-state index >= 15 is 0 Å². The molecule has 3 nitrogen and oxygen atoms in total. The summed E-state index contributed by atoms with van der Waals surface area (Å²) in [6.45, 7) is 1.84. The van der Waals surface area contributed by atoms with Crippen LogP contribution >= 0.6 is 22.6 Å². The van der Waals surface area contributed by atoms with Gasteiger partial charge < -0.3 is 4.98 Å². The predicted molar refractivity (Wildman–Crippen MR) is 63.5 cm³/mol. The average Bonchev–Trinajstić information content (AvgIpc) is 2.63. The lowest BCUT2D eigenvalue weighted by Gasteiger charge is -2.10. The number of H-pyrrole nitrogens is 1. The van der Waals surface area contributed by atoms with Gasteiger partial charge in [0.2, 0.25) is 0 Å². The number of aromatic nitrogens is 2. The summed E-state index contributed by atoms with van der Waals surface area (Å²) in [6, 6.07) is 0. The third kappa shape index (κ3) is 1.85. The molecule has 1 saturated carbocycles. The maximum absolute atomic E-state index is 11.5. The van der Waals surface area contributed by atoms with Gasteiger partial charge in [0.05, 0.1) is 9.26 Å². The standard InChI is InChI=1S/C10H13IN2O/c1-6-12-9(7-4-2-3-5-7)8(11)10(14)13-6/h7H,2-5H2,1H3,(H,12,13,14). The molecule has 76 valence electrons. The van der Waals surface area contributed by atoms with Gasteiger partial charge in [0, 0.05) is 5.92 Å². The van der Waals surface area contributed by atoms with Crippen LogP contribution in [0.2, 0.25) is 0 Å². The zero-order valence-corrected chi connectivity index (χ0v) is 10.3. The Hall–Kier alpha value is -0.390. The quantitative estimate of drug-likeness (QED) is 0.810. The molecule has 0 bridgehead atoms. The van der Waals surface area contributed by atoms with Crippen LogP contribution in [0.25, 0.3) is 0 Å². The summed E-state index contributed by atoms with van der Waals surface area (Å²) in [5.74, 6) is 1.25. The fourth-order valence-electron chi connectivity index (χ4n) is 2.06. The smallest absolute Gasteiger partial charge is 0.264 e. The summed E-state index contributed by atoms with van der Waals surface area (Å²) < 4.78 is 0.778. The van der Waals surface area contributed by atoms with Crippen molar-refractivity contribution >= 4 is 22.6 Å². The highest BCUT2D eigenvalue weighted by Crippen LogP contribution is 2.34. The SMILES string of the molecule is Cc1nc(C2CCCC2)c(I)c(=O)[nH]1. The lowest BCUT2D eigenvalue weighted by molar-refractivity contribution is 0.680. The molecule has 1 heterocycles. The van der Waals surface area contributed by atoms with Gasteiger partial charge in [-0.2, -0.15) is 0 Å². The van der Waals surface area contributed by atoms with Crippen LogP contribution in [-0.2, 0) is 0 Å². The second-order valence-corrected chi connectivity index (χ2v) is 4.91. The van der Waals surface area contributed by atoms with Crippen molar-refractivity contribution in [1.29, 1.82) is 0 Å². The molecule has 2 rings (SSSR count). The Balaban J connectivity index is 2.45. The molecule has 0 amide bonds. The minimum Gasteiger partial charge on any atom is -0.310 e. The second kappa shape index (κ2) is 4.00. The number of rotatable bonds is 1. The molecule has 0 saturated heterocycles. The first-order valence-corrected chi connectivity index (χ1v) is 6.02. The number of aryl methyl sites for hydroxylation is 1. The van der Waals surface area contributed by atoms with Gasteiger partial charge in [-0.1, -0.05) is 12.8 Å². The van der Waals surface area contributed by atoms with Gasteiger partial charge in [0.15, 0.2) is 0 Å². The largest absolute Gasteiger partial charge is 0.310 e. The molecule has 14 heavy (non-hydrogen) atoms. The van der Waals surface area contributed by atoms with Gasteiger partial charge in [0.1, 0.15) is 5.82 Å². The van der Waals surface area contributed by atoms with Crippen molar-refractivity contribution in [3.63, 3.8) is 0 Å². The maximum Gasteiger partial charge on any atom is 0.264 e. The normalized spacial score (nSPS) is 17.6. The number of hydrogen-bond donors (Lipinski definition) is 1. The van der Waals surface area contributed by atoms with E-state index in [0.29, 0.717) is 5.92 Å². The topological polar surface area (TPSA) is 45.8 Å². The van der Waals surface area contributed by atoms with Crippen LogP contribution in [-0.4, -0.2) is 9.97 Å². The summed E-state index contributed by atoms with van der Waals surface area (Å²) in [5, 5.41) is 0. The molecule has 4 heteroatoms. The number of aromatic amines is 1. The van der Waals surface area contributed by atoms with Gasteiger partial charge in [-0.3, -0.25) is 4.79 Å². The van der Waals surface area contributed by atoms with Crippen LogP contribution in [0.3, 0.4) is 0 Å². The van der Waals surface area contributed by atoms with Crippen molar-refractivity contribution in [2.45, 2.75) is 38.5 Å². The summed E-state index contributed by atoms with van der Waals surface area (Å²) >= 11 is 2.11. The minimum absolute atomic E-state index is 0.0139. The van der Waals surface area contributed by atoms with E-state index in [4.69, 9.17) is 0 Å². The number of hydrogen-bond acceptors (Lipinski definition) is 2. The van der Waals surface area contributed by atoms with E-state index < -0.39 is 0 Å². The average molecular weight is 304 g/mol. The van der Waals surface area contributed by atoms with Gasteiger partial charge in [0.25, 0.3) is 5.56 Å². The van der Waals surface area contributed by atoms with Crippen molar-refractivity contribution in [3.05, 3.63) is 25.4 Å². The molecule has 1 aliphatic rings. The summed E-state index contributed by atoms with van der Waals surface area (Å²) in [7, 11) is 0. The van der Waals surface area contributed by atoms with Crippen LogP contribution in [0.5, 0.6) is 0 Å². The lowest BCUT2D eigenvalue weighted by Crippen LogP contribution is -2.18. The molecule has 0 atom stereocenters. The Labute approximate surface area is 96.5 Å². The van der Waals surface area contributed by atoms with Crippen LogP contribution in [0.4, 0.5) is 0 Å². The molecule has 1 N–H and O–H groups in total. The van der Waals surface area contributed by atoms with Crippen molar-refractivity contribution in [1.82, 2.24) is 9.97 Å².